The second-order valence-corrected chi connectivity index (χ2v) is 6.02. The molecule has 0 aliphatic carbocycles. The summed E-state index contributed by atoms with van der Waals surface area (Å²) in [5.41, 5.74) is 1.91. The van der Waals surface area contributed by atoms with E-state index in [9.17, 15) is 4.39 Å². The third-order valence-electron chi connectivity index (χ3n) is 4.25. The second-order valence-electron chi connectivity index (χ2n) is 6.02. The van der Waals surface area contributed by atoms with Crippen LogP contribution in [0.3, 0.4) is 0 Å². The zero-order chi connectivity index (χ0) is 17.1. The molecule has 6 heteroatoms. The summed E-state index contributed by atoms with van der Waals surface area (Å²) in [5.74, 6) is 0.739. The van der Waals surface area contributed by atoms with Crippen molar-refractivity contribution in [1.82, 2.24) is 15.0 Å². The molecule has 0 saturated carbocycles. The van der Waals surface area contributed by atoms with Crippen molar-refractivity contribution in [3.05, 3.63) is 71.9 Å². The highest BCUT2D eigenvalue weighted by Gasteiger charge is 2.23. The topological polar surface area (TPSA) is 51.4 Å². The summed E-state index contributed by atoms with van der Waals surface area (Å²) in [4.78, 5) is 6.66. The Balaban J connectivity index is 1.43. The van der Waals surface area contributed by atoms with Crippen LogP contribution in [0.5, 0.6) is 0 Å². The normalized spacial score (nSPS) is 18.4. The Hall–Kier alpha value is -2.57. The van der Waals surface area contributed by atoms with Gasteiger partial charge in [0.2, 0.25) is 11.7 Å². The van der Waals surface area contributed by atoms with Gasteiger partial charge < -0.3 is 9.26 Å². The second kappa shape index (κ2) is 7.13. The molecule has 1 unspecified atom stereocenters. The lowest BCUT2D eigenvalue weighted by molar-refractivity contribution is -0.0355. The van der Waals surface area contributed by atoms with Gasteiger partial charge in [0.05, 0.1) is 19.3 Å². The van der Waals surface area contributed by atoms with Gasteiger partial charge >= 0.3 is 0 Å². The van der Waals surface area contributed by atoms with Gasteiger partial charge in [0.25, 0.3) is 0 Å². The smallest absolute Gasteiger partial charge is 0.241 e. The Labute approximate surface area is 145 Å². The van der Waals surface area contributed by atoms with Crippen LogP contribution in [0.1, 0.15) is 17.6 Å². The van der Waals surface area contributed by atoms with Gasteiger partial charge in [-0.1, -0.05) is 35.5 Å². The summed E-state index contributed by atoms with van der Waals surface area (Å²) in [7, 11) is 0. The minimum Gasteiger partial charge on any atom is -0.371 e. The number of hydrogen-bond acceptors (Lipinski definition) is 5. The predicted molar refractivity (Wildman–Crippen MR) is 90.1 cm³/mol. The first kappa shape index (κ1) is 15.9. The summed E-state index contributed by atoms with van der Waals surface area (Å²) >= 11 is 0. The first-order valence-corrected chi connectivity index (χ1v) is 8.25. The van der Waals surface area contributed by atoms with Crippen LogP contribution in [-0.4, -0.2) is 34.7 Å². The van der Waals surface area contributed by atoms with Crippen molar-refractivity contribution in [1.29, 1.82) is 0 Å². The molecule has 0 spiro atoms. The van der Waals surface area contributed by atoms with Gasteiger partial charge in [-0.05, 0) is 29.8 Å². The molecule has 1 fully saturated rings. The van der Waals surface area contributed by atoms with Crippen LogP contribution < -0.4 is 0 Å². The van der Waals surface area contributed by atoms with Gasteiger partial charge in [0.1, 0.15) is 5.82 Å². The van der Waals surface area contributed by atoms with Crippen LogP contribution in [0.4, 0.5) is 4.39 Å². The van der Waals surface area contributed by atoms with Gasteiger partial charge in [0, 0.05) is 18.7 Å². The number of hydrogen-bond donors (Lipinski definition) is 0. The Kier molecular flexibility index (Phi) is 4.54. The van der Waals surface area contributed by atoms with Crippen LogP contribution in [0, 0.1) is 5.82 Å². The monoisotopic (exact) mass is 339 g/mol. The molecule has 1 aliphatic rings. The molecule has 0 bridgehead atoms. The predicted octanol–water partition coefficient (Wildman–Crippen LogP) is 3.45. The van der Waals surface area contributed by atoms with Gasteiger partial charge in [-0.3, -0.25) is 4.90 Å². The molecule has 2 heterocycles. The fraction of sp³-hybridized carbons (Fsp3) is 0.263. The van der Waals surface area contributed by atoms with Crippen molar-refractivity contribution >= 4 is 0 Å². The number of benzene rings is 2. The van der Waals surface area contributed by atoms with E-state index in [1.54, 1.807) is 12.1 Å². The molecular formula is C19H18FN3O2. The fourth-order valence-electron chi connectivity index (χ4n) is 2.94. The van der Waals surface area contributed by atoms with E-state index in [1.165, 1.54) is 17.7 Å². The van der Waals surface area contributed by atoms with E-state index in [-0.39, 0.29) is 11.9 Å². The van der Waals surface area contributed by atoms with Crippen LogP contribution in [-0.2, 0) is 11.3 Å². The standard InChI is InChI=1S/C19H18FN3O2/c20-16-8-6-15(7-9-16)19-21-18(25-22-19)13-23-10-11-24-17(12-23)14-4-2-1-3-5-14/h1-9,17H,10-13H2. The number of morpholine rings is 1. The van der Waals surface area contributed by atoms with Crippen molar-refractivity contribution in [3.63, 3.8) is 0 Å². The Bertz CT molecular complexity index is 820. The number of ether oxygens (including phenoxy) is 1. The lowest BCUT2D eigenvalue weighted by Gasteiger charge is -2.32. The van der Waals surface area contributed by atoms with Crippen molar-refractivity contribution in [2.75, 3.05) is 19.7 Å². The summed E-state index contributed by atoms with van der Waals surface area (Å²) in [6, 6.07) is 16.2. The van der Waals surface area contributed by atoms with Gasteiger partial charge in [-0.25, -0.2) is 4.39 Å². The third kappa shape index (κ3) is 3.75. The first-order chi connectivity index (χ1) is 12.3. The number of rotatable bonds is 4. The van der Waals surface area contributed by atoms with Crippen LogP contribution >= 0.6 is 0 Å². The summed E-state index contributed by atoms with van der Waals surface area (Å²) in [6.07, 6.45) is 0.0504. The Morgan fingerprint density at radius 1 is 1.08 bits per heavy atom. The van der Waals surface area contributed by atoms with Crippen molar-refractivity contribution in [3.8, 4) is 11.4 Å². The zero-order valence-electron chi connectivity index (χ0n) is 13.6. The maximum atomic E-state index is 13.0. The van der Waals surface area contributed by atoms with Crippen LogP contribution in [0.15, 0.2) is 59.1 Å². The van der Waals surface area contributed by atoms with Crippen molar-refractivity contribution in [2.24, 2.45) is 0 Å². The molecule has 1 saturated heterocycles. The third-order valence-corrected chi connectivity index (χ3v) is 4.25. The summed E-state index contributed by atoms with van der Waals surface area (Å²) < 4.78 is 24.2. The van der Waals surface area contributed by atoms with E-state index in [1.807, 2.05) is 18.2 Å². The number of aromatic nitrogens is 2. The summed E-state index contributed by atoms with van der Waals surface area (Å²) in [6.45, 7) is 2.83. The molecule has 1 aromatic heterocycles. The maximum absolute atomic E-state index is 13.0. The molecule has 1 aliphatic heterocycles. The van der Waals surface area contributed by atoms with E-state index in [0.29, 0.717) is 24.9 Å². The minimum atomic E-state index is -0.285. The first-order valence-electron chi connectivity index (χ1n) is 8.25. The van der Waals surface area contributed by atoms with E-state index < -0.39 is 0 Å². The van der Waals surface area contributed by atoms with Crippen molar-refractivity contribution in [2.45, 2.75) is 12.6 Å². The zero-order valence-corrected chi connectivity index (χ0v) is 13.6. The van der Waals surface area contributed by atoms with Gasteiger partial charge in [-0.15, -0.1) is 0 Å². The van der Waals surface area contributed by atoms with Gasteiger partial charge in [-0.2, -0.15) is 4.98 Å². The van der Waals surface area contributed by atoms with E-state index in [0.717, 1.165) is 18.7 Å². The van der Waals surface area contributed by atoms with Gasteiger partial charge in [0.15, 0.2) is 0 Å². The number of nitrogens with zero attached hydrogens (tertiary/aromatic N) is 3. The van der Waals surface area contributed by atoms with E-state index >= 15 is 0 Å². The molecule has 2 aromatic carbocycles. The average molecular weight is 339 g/mol. The highest BCUT2D eigenvalue weighted by atomic mass is 19.1. The maximum Gasteiger partial charge on any atom is 0.241 e. The molecule has 5 nitrogen and oxygen atoms in total. The highest BCUT2D eigenvalue weighted by molar-refractivity contribution is 5.53. The Morgan fingerprint density at radius 2 is 1.88 bits per heavy atom. The van der Waals surface area contributed by atoms with Crippen LogP contribution in [0.25, 0.3) is 11.4 Å². The quantitative estimate of drug-likeness (QED) is 0.729. The average Bonchev–Trinajstić information content (AvgIpc) is 3.12. The lowest BCUT2D eigenvalue weighted by Crippen LogP contribution is -2.37. The SMILES string of the molecule is Fc1ccc(-c2noc(CN3CCOC(c4ccccc4)C3)n2)cc1. The van der Waals surface area contributed by atoms with E-state index in [4.69, 9.17) is 9.26 Å². The molecule has 1 atom stereocenters. The number of halogens is 1. The summed E-state index contributed by atoms with van der Waals surface area (Å²) in [5, 5.41) is 3.99. The molecule has 0 amide bonds. The Morgan fingerprint density at radius 3 is 2.68 bits per heavy atom. The molecule has 0 radical (unpaired) electrons. The lowest BCUT2D eigenvalue weighted by atomic mass is 10.1. The molecular weight excluding hydrogens is 321 g/mol. The fourth-order valence-corrected chi connectivity index (χ4v) is 2.94. The molecule has 3 aromatic rings. The highest BCUT2D eigenvalue weighted by Crippen LogP contribution is 2.23. The largest absolute Gasteiger partial charge is 0.371 e. The molecule has 0 N–H and O–H groups in total. The van der Waals surface area contributed by atoms with E-state index in [2.05, 4.69) is 27.2 Å². The molecule has 128 valence electrons. The minimum absolute atomic E-state index is 0.0504. The van der Waals surface area contributed by atoms with Crippen LogP contribution in [0.2, 0.25) is 0 Å². The molecule has 4 rings (SSSR count). The molecule has 25 heavy (non-hydrogen) atoms. The van der Waals surface area contributed by atoms with Crippen molar-refractivity contribution < 1.29 is 13.7 Å².